The maximum Gasteiger partial charge on any atom is 0.256 e. The van der Waals surface area contributed by atoms with Gasteiger partial charge in [-0.3, -0.25) is 9.59 Å². The number of aryl methyl sites for hydroxylation is 1. The van der Waals surface area contributed by atoms with Crippen LogP contribution in [0.3, 0.4) is 0 Å². The fourth-order valence-corrected chi connectivity index (χ4v) is 5.21. The molecule has 0 aliphatic heterocycles. The van der Waals surface area contributed by atoms with Gasteiger partial charge < -0.3 is 10.6 Å². The second-order valence-corrected chi connectivity index (χ2v) is 10.0. The number of nitrogens with zero attached hydrogens (tertiary/aromatic N) is 1. The Hall–Kier alpha value is -3.49. The molecule has 0 bridgehead atoms. The lowest BCUT2D eigenvalue weighted by molar-refractivity contribution is -0.116. The van der Waals surface area contributed by atoms with Crippen molar-refractivity contribution in [3.8, 4) is 0 Å². The molecule has 0 radical (unpaired) electrons. The molecule has 0 fully saturated rings. The van der Waals surface area contributed by atoms with E-state index in [1.54, 1.807) is 63.2 Å². The fourth-order valence-electron chi connectivity index (χ4n) is 3.75. The van der Waals surface area contributed by atoms with Crippen LogP contribution in [0.15, 0.2) is 77.7 Å². The molecule has 3 aromatic carbocycles. The number of carbonyl (C=O) groups is 2. The van der Waals surface area contributed by atoms with Crippen molar-refractivity contribution in [3.63, 3.8) is 0 Å². The van der Waals surface area contributed by atoms with Gasteiger partial charge in [-0.15, -0.1) is 0 Å². The Labute approximate surface area is 207 Å². The van der Waals surface area contributed by atoms with Gasteiger partial charge in [0.1, 0.15) is 0 Å². The van der Waals surface area contributed by atoms with Crippen LogP contribution in [-0.2, 0) is 21.2 Å². The van der Waals surface area contributed by atoms with Crippen molar-refractivity contribution in [2.75, 3.05) is 23.7 Å². The highest BCUT2D eigenvalue weighted by Crippen LogP contribution is 2.21. The molecule has 0 aliphatic carbocycles. The molecule has 0 aromatic heterocycles. The van der Waals surface area contributed by atoms with E-state index in [1.807, 2.05) is 30.3 Å². The highest BCUT2D eigenvalue weighted by molar-refractivity contribution is 7.89. The summed E-state index contributed by atoms with van der Waals surface area (Å²) in [6, 6.07) is 21.0. The molecule has 0 heterocycles. The number of para-hydroxylation sites is 1. The van der Waals surface area contributed by atoms with Gasteiger partial charge in [0.15, 0.2) is 0 Å². The number of hydrogen-bond donors (Lipinski definition) is 2. The van der Waals surface area contributed by atoms with Gasteiger partial charge in [0.05, 0.1) is 4.90 Å². The number of benzene rings is 3. The van der Waals surface area contributed by atoms with Crippen LogP contribution in [0.25, 0.3) is 0 Å². The lowest BCUT2D eigenvalue weighted by Crippen LogP contribution is -2.30. The molecule has 3 aromatic rings. The van der Waals surface area contributed by atoms with Crippen LogP contribution in [0.2, 0.25) is 0 Å². The van der Waals surface area contributed by atoms with Gasteiger partial charge in [-0.1, -0.05) is 50.2 Å². The second kappa shape index (κ2) is 11.8. The molecule has 8 heteroatoms. The summed E-state index contributed by atoms with van der Waals surface area (Å²) < 4.78 is 26.6. The van der Waals surface area contributed by atoms with Crippen LogP contribution >= 0.6 is 0 Å². The van der Waals surface area contributed by atoms with Gasteiger partial charge in [-0.2, -0.15) is 4.31 Å². The van der Waals surface area contributed by atoms with Gasteiger partial charge in [0.2, 0.25) is 15.9 Å². The Bertz CT molecular complexity index is 1270. The number of hydrogen-bond acceptors (Lipinski definition) is 4. The summed E-state index contributed by atoms with van der Waals surface area (Å²) in [6.07, 6.45) is 0.687. The van der Waals surface area contributed by atoms with Crippen LogP contribution in [0.5, 0.6) is 0 Å². The van der Waals surface area contributed by atoms with E-state index in [1.165, 1.54) is 4.31 Å². The van der Waals surface area contributed by atoms with Gasteiger partial charge >= 0.3 is 0 Å². The van der Waals surface area contributed by atoms with Crippen LogP contribution in [0, 0.1) is 6.92 Å². The van der Waals surface area contributed by atoms with E-state index >= 15 is 0 Å². The number of sulfonamides is 1. The maximum atomic E-state index is 12.7. The first-order valence-electron chi connectivity index (χ1n) is 11.6. The molecule has 3 rings (SSSR count). The predicted molar refractivity (Wildman–Crippen MR) is 139 cm³/mol. The minimum atomic E-state index is -3.50. The standard InChI is InChI=1S/C27H31N3O4S/c1-4-30(5-2)35(33,34)23-17-14-21(15-18-23)16-19-26(31)29-25-13-9-12-24(20(25)3)27(32)28-22-10-7-6-8-11-22/h6-15,17-18H,4-5,16,19H2,1-3H3,(H,28,32)(H,29,31). The fraction of sp³-hybridized carbons (Fsp3) is 0.259. The summed E-state index contributed by atoms with van der Waals surface area (Å²) in [5.74, 6) is -0.432. The van der Waals surface area contributed by atoms with E-state index in [0.717, 1.165) is 5.56 Å². The number of rotatable bonds is 10. The first kappa shape index (κ1) is 26.1. The van der Waals surface area contributed by atoms with E-state index in [4.69, 9.17) is 0 Å². The lowest BCUT2D eigenvalue weighted by Gasteiger charge is -2.18. The summed E-state index contributed by atoms with van der Waals surface area (Å²) in [4.78, 5) is 25.5. The molecule has 2 amide bonds. The molecular weight excluding hydrogens is 462 g/mol. The van der Waals surface area contributed by atoms with Crippen molar-refractivity contribution >= 4 is 33.2 Å². The maximum absolute atomic E-state index is 12.7. The van der Waals surface area contributed by atoms with Crippen molar-refractivity contribution in [3.05, 3.63) is 89.5 Å². The molecule has 0 aliphatic rings. The van der Waals surface area contributed by atoms with Crippen molar-refractivity contribution in [2.24, 2.45) is 0 Å². The Balaban J connectivity index is 1.61. The first-order chi connectivity index (χ1) is 16.8. The number of anilines is 2. The molecule has 2 N–H and O–H groups in total. The average molecular weight is 494 g/mol. The van der Waals surface area contributed by atoms with Crippen molar-refractivity contribution in [1.82, 2.24) is 4.31 Å². The van der Waals surface area contributed by atoms with Gasteiger partial charge in [-0.05, 0) is 60.9 Å². The Morgan fingerprint density at radius 1 is 0.829 bits per heavy atom. The Morgan fingerprint density at radius 2 is 1.49 bits per heavy atom. The molecule has 7 nitrogen and oxygen atoms in total. The summed E-state index contributed by atoms with van der Waals surface area (Å²) in [5, 5.41) is 5.74. The monoisotopic (exact) mass is 493 g/mol. The van der Waals surface area contributed by atoms with E-state index in [2.05, 4.69) is 10.6 Å². The molecule has 0 saturated carbocycles. The predicted octanol–water partition coefficient (Wildman–Crippen LogP) is 4.85. The number of amides is 2. The van der Waals surface area contributed by atoms with E-state index in [-0.39, 0.29) is 23.1 Å². The third-order valence-corrected chi connectivity index (χ3v) is 7.86. The normalized spacial score (nSPS) is 11.3. The molecule has 0 spiro atoms. The summed E-state index contributed by atoms with van der Waals surface area (Å²) >= 11 is 0. The van der Waals surface area contributed by atoms with Gasteiger partial charge in [0, 0.05) is 36.4 Å². The van der Waals surface area contributed by atoms with Crippen molar-refractivity contribution in [1.29, 1.82) is 0 Å². The Kier molecular flexibility index (Phi) is 8.78. The zero-order valence-electron chi connectivity index (χ0n) is 20.2. The highest BCUT2D eigenvalue weighted by Gasteiger charge is 2.21. The minimum Gasteiger partial charge on any atom is -0.326 e. The molecule has 35 heavy (non-hydrogen) atoms. The van der Waals surface area contributed by atoms with E-state index in [9.17, 15) is 18.0 Å². The summed E-state index contributed by atoms with van der Waals surface area (Å²) in [7, 11) is -3.50. The van der Waals surface area contributed by atoms with Crippen molar-refractivity contribution < 1.29 is 18.0 Å². The quantitative estimate of drug-likeness (QED) is 0.422. The van der Waals surface area contributed by atoms with Crippen LogP contribution in [0.4, 0.5) is 11.4 Å². The molecule has 0 unspecified atom stereocenters. The highest BCUT2D eigenvalue weighted by atomic mass is 32.2. The van der Waals surface area contributed by atoms with Crippen LogP contribution in [-0.4, -0.2) is 37.6 Å². The first-order valence-corrected chi connectivity index (χ1v) is 13.0. The molecule has 0 atom stereocenters. The van der Waals surface area contributed by atoms with Crippen LogP contribution in [0.1, 0.15) is 41.8 Å². The lowest BCUT2D eigenvalue weighted by atomic mass is 10.1. The minimum absolute atomic E-state index is 0.187. The zero-order chi connectivity index (χ0) is 25.4. The van der Waals surface area contributed by atoms with Gasteiger partial charge in [0.25, 0.3) is 5.91 Å². The van der Waals surface area contributed by atoms with Crippen LogP contribution < -0.4 is 10.6 Å². The third kappa shape index (κ3) is 6.55. The number of carbonyl (C=O) groups excluding carboxylic acids is 2. The Morgan fingerprint density at radius 3 is 2.11 bits per heavy atom. The topological polar surface area (TPSA) is 95.6 Å². The number of nitrogens with one attached hydrogen (secondary N) is 2. The zero-order valence-corrected chi connectivity index (χ0v) is 21.1. The average Bonchev–Trinajstić information content (AvgIpc) is 2.85. The van der Waals surface area contributed by atoms with E-state index in [0.29, 0.717) is 42.0 Å². The third-order valence-electron chi connectivity index (χ3n) is 5.79. The second-order valence-electron chi connectivity index (χ2n) is 8.08. The van der Waals surface area contributed by atoms with Crippen molar-refractivity contribution in [2.45, 2.75) is 38.5 Å². The van der Waals surface area contributed by atoms with Gasteiger partial charge in [-0.25, -0.2) is 8.42 Å². The van der Waals surface area contributed by atoms with E-state index < -0.39 is 10.0 Å². The molecule has 0 saturated heterocycles. The molecular formula is C27H31N3O4S. The molecule has 184 valence electrons. The SMILES string of the molecule is CCN(CC)S(=O)(=O)c1ccc(CCC(=O)Nc2cccc(C(=O)Nc3ccccc3)c2C)cc1. The smallest absolute Gasteiger partial charge is 0.256 e. The summed E-state index contributed by atoms with van der Waals surface area (Å²) in [5.41, 5.74) is 3.31. The summed E-state index contributed by atoms with van der Waals surface area (Å²) in [6.45, 7) is 6.23. The largest absolute Gasteiger partial charge is 0.326 e.